The summed E-state index contributed by atoms with van der Waals surface area (Å²) in [4.78, 5) is 23.9. The van der Waals surface area contributed by atoms with E-state index in [-0.39, 0.29) is 11.7 Å². The van der Waals surface area contributed by atoms with Crippen LogP contribution in [0, 0.1) is 12.8 Å². The number of carbonyl (C=O) groups excluding carboxylic acids is 1. The minimum atomic E-state index is -0.880. The van der Waals surface area contributed by atoms with Crippen LogP contribution in [0.15, 0.2) is 18.2 Å². The van der Waals surface area contributed by atoms with E-state index in [1.54, 1.807) is 23.7 Å². The largest absolute Gasteiger partial charge is 0.486 e. The molecule has 1 aliphatic heterocycles. The van der Waals surface area contributed by atoms with Gasteiger partial charge in [-0.05, 0) is 31.9 Å². The Morgan fingerprint density at radius 2 is 2.00 bits per heavy atom. The standard InChI is InChI=1S/C18H20N4O5/c1-10-16(17(23)19-13-4-2-3-12(13)18(24)25)20-21-22(10)11-5-6-14-15(9-11)27-8-7-26-14/h5-6,9,12-13H,2-4,7-8H2,1H3,(H,19,23)(H,24,25)/t12-,13+/m0/s1. The maximum Gasteiger partial charge on any atom is 0.308 e. The smallest absolute Gasteiger partial charge is 0.308 e. The number of amides is 1. The first-order valence-corrected chi connectivity index (χ1v) is 8.90. The molecule has 2 heterocycles. The fraction of sp³-hybridized carbons (Fsp3) is 0.444. The van der Waals surface area contributed by atoms with E-state index in [1.807, 2.05) is 6.07 Å². The molecule has 2 atom stereocenters. The zero-order valence-corrected chi connectivity index (χ0v) is 14.8. The molecule has 1 aromatic heterocycles. The van der Waals surface area contributed by atoms with E-state index in [1.165, 1.54) is 0 Å². The molecular formula is C18H20N4O5. The highest BCUT2D eigenvalue weighted by Crippen LogP contribution is 2.32. The van der Waals surface area contributed by atoms with E-state index >= 15 is 0 Å². The van der Waals surface area contributed by atoms with Crippen molar-refractivity contribution in [2.75, 3.05) is 13.2 Å². The summed E-state index contributed by atoms with van der Waals surface area (Å²) >= 11 is 0. The van der Waals surface area contributed by atoms with Gasteiger partial charge >= 0.3 is 5.97 Å². The van der Waals surface area contributed by atoms with Gasteiger partial charge in [0.2, 0.25) is 0 Å². The number of rotatable bonds is 4. The molecule has 1 amide bonds. The molecule has 27 heavy (non-hydrogen) atoms. The zero-order chi connectivity index (χ0) is 19.0. The van der Waals surface area contributed by atoms with Crippen molar-refractivity contribution in [3.63, 3.8) is 0 Å². The number of hydrogen-bond acceptors (Lipinski definition) is 6. The fourth-order valence-corrected chi connectivity index (χ4v) is 3.61. The molecule has 0 radical (unpaired) electrons. The highest BCUT2D eigenvalue weighted by atomic mass is 16.6. The quantitative estimate of drug-likeness (QED) is 0.832. The molecule has 0 unspecified atom stereocenters. The van der Waals surface area contributed by atoms with Gasteiger partial charge in [-0.15, -0.1) is 5.10 Å². The number of benzene rings is 1. The van der Waals surface area contributed by atoms with Gasteiger partial charge in [0.15, 0.2) is 17.2 Å². The minimum absolute atomic E-state index is 0.181. The summed E-state index contributed by atoms with van der Waals surface area (Å²) in [5.41, 5.74) is 1.45. The molecule has 9 nitrogen and oxygen atoms in total. The molecular weight excluding hydrogens is 352 g/mol. The van der Waals surface area contributed by atoms with Crippen molar-refractivity contribution in [3.8, 4) is 17.2 Å². The Balaban J connectivity index is 1.55. The van der Waals surface area contributed by atoms with Crippen LogP contribution >= 0.6 is 0 Å². The maximum atomic E-state index is 12.6. The van der Waals surface area contributed by atoms with Crippen molar-refractivity contribution in [1.29, 1.82) is 0 Å². The number of fused-ring (bicyclic) bond motifs is 1. The van der Waals surface area contributed by atoms with Crippen molar-refractivity contribution in [2.45, 2.75) is 32.2 Å². The summed E-state index contributed by atoms with van der Waals surface area (Å²) in [6, 6.07) is 5.01. The lowest BCUT2D eigenvalue weighted by atomic mass is 10.0. The van der Waals surface area contributed by atoms with Crippen molar-refractivity contribution >= 4 is 11.9 Å². The number of nitrogens with one attached hydrogen (secondary N) is 1. The molecule has 2 N–H and O–H groups in total. The Bertz CT molecular complexity index is 894. The van der Waals surface area contributed by atoms with Crippen LogP contribution in [-0.2, 0) is 4.79 Å². The molecule has 2 aliphatic rings. The van der Waals surface area contributed by atoms with Gasteiger partial charge in [0, 0.05) is 12.1 Å². The van der Waals surface area contributed by atoms with Gasteiger partial charge in [0.1, 0.15) is 13.2 Å². The van der Waals surface area contributed by atoms with Crippen molar-refractivity contribution in [2.24, 2.45) is 5.92 Å². The molecule has 1 aliphatic carbocycles. The molecule has 1 saturated carbocycles. The second-order valence-corrected chi connectivity index (χ2v) is 6.72. The molecule has 0 saturated heterocycles. The van der Waals surface area contributed by atoms with Crippen LogP contribution in [0.4, 0.5) is 0 Å². The summed E-state index contributed by atoms with van der Waals surface area (Å²) in [7, 11) is 0. The van der Waals surface area contributed by atoms with Gasteiger partial charge in [-0.3, -0.25) is 9.59 Å². The highest BCUT2D eigenvalue weighted by Gasteiger charge is 2.34. The highest BCUT2D eigenvalue weighted by molar-refractivity contribution is 5.94. The van der Waals surface area contributed by atoms with Gasteiger partial charge in [0.05, 0.1) is 17.3 Å². The number of carboxylic acid groups (broad SMARTS) is 1. The molecule has 9 heteroatoms. The summed E-state index contributed by atoms with van der Waals surface area (Å²) in [6.45, 7) is 2.74. The first-order chi connectivity index (χ1) is 13.0. The topological polar surface area (TPSA) is 116 Å². The average molecular weight is 372 g/mol. The van der Waals surface area contributed by atoms with Crippen LogP contribution in [0.2, 0.25) is 0 Å². The van der Waals surface area contributed by atoms with Crippen LogP contribution in [0.1, 0.15) is 35.4 Å². The van der Waals surface area contributed by atoms with Crippen molar-refractivity contribution in [3.05, 3.63) is 29.6 Å². The molecule has 0 bridgehead atoms. The van der Waals surface area contributed by atoms with Gasteiger partial charge in [-0.2, -0.15) is 0 Å². The summed E-state index contributed by atoms with van der Waals surface area (Å²) in [5, 5.41) is 20.1. The molecule has 142 valence electrons. The van der Waals surface area contributed by atoms with Crippen LogP contribution in [-0.4, -0.2) is 51.2 Å². The van der Waals surface area contributed by atoms with E-state index in [4.69, 9.17) is 9.47 Å². The summed E-state index contributed by atoms with van der Waals surface area (Å²) in [5.74, 6) is -0.553. The van der Waals surface area contributed by atoms with Gasteiger partial charge in [-0.1, -0.05) is 11.6 Å². The summed E-state index contributed by atoms with van der Waals surface area (Å²) in [6.07, 6.45) is 2.01. The number of carbonyl (C=O) groups is 2. The second kappa shape index (κ2) is 6.90. The third kappa shape index (κ3) is 3.20. The second-order valence-electron chi connectivity index (χ2n) is 6.72. The number of aromatic nitrogens is 3. The van der Waals surface area contributed by atoms with E-state index in [0.29, 0.717) is 48.9 Å². The van der Waals surface area contributed by atoms with Gasteiger partial charge in [0.25, 0.3) is 5.91 Å². The van der Waals surface area contributed by atoms with E-state index in [0.717, 1.165) is 6.42 Å². The van der Waals surface area contributed by atoms with Gasteiger partial charge in [-0.25, -0.2) is 4.68 Å². The molecule has 2 aromatic rings. The Morgan fingerprint density at radius 1 is 1.22 bits per heavy atom. The number of aliphatic carboxylic acids is 1. The fourth-order valence-electron chi connectivity index (χ4n) is 3.61. The minimum Gasteiger partial charge on any atom is -0.486 e. The molecule has 4 rings (SSSR count). The number of ether oxygens (including phenoxy) is 2. The lowest BCUT2D eigenvalue weighted by Crippen LogP contribution is -2.40. The van der Waals surface area contributed by atoms with Crippen LogP contribution in [0.25, 0.3) is 5.69 Å². The van der Waals surface area contributed by atoms with Gasteiger partial charge < -0.3 is 19.9 Å². The predicted octanol–water partition coefficient (Wildman–Crippen LogP) is 1.33. The zero-order valence-electron chi connectivity index (χ0n) is 14.8. The summed E-state index contributed by atoms with van der Waals surface area (Å²) < 4.78 is 12.6. The maximum absolute atomic E-state index is 12.6. The first-order valence-electron chi connectivity index (χ1n) is 8.90. The Hall–Kier alpha value is -3.10. The van der Waals surface area contributed by atoms with Crippen LogP contribution < -0.4 is 14.8 Å². The Labute approximate surface area is 155 Å². The SMILES string of the molecule is Cc1c(C(=O)N[C@@H]2CCC[C@@H]2C(=O)O)nnn1-c1ccc2c(c1)OCCO2. The lowest BCUT2D eigenvalue weighted by molar-refractivity contribution is -0.142. The normalized spacial score (nSPS) is 21.1. The third-order valence-corrected chi connectivity index (χ3v) is 5.03. The number of nitrogens with zero attached hydrogens (tertiary/aromatic N) is 3. The van der Waals surface area contributed by atoms with E-state index < -0.39 is 17.8 Å². The van der Waals surface area contributed by atoms with Crippen molar-refractivity contribution in [1.82, 2.24) is 20.3 Å². The first kappa shape index (κ1) is 17.3. The van der Waals surface area contributed by atoms with E-state index in [2.05, 4.69) is 15.6 Å². The molecule has 0 spiro atoms. The Kier molecular flexibility index (Phi) is 4.43. The Morgan fingerprint density at radius 3 is 2.78 bits per heavy atom. The van der Waals surface area contributed by atoms with Crippen LogP contribution in [0.3, 0.4) is 0 Å². The van der Waals surface area contributed by atoms with Crippen molar-refractivity contribution < 1.29 is 24.2 Å². The molecule has 1 aromatic carbocycles. The number of carboxylic acids is 1. The monoisotopic (exact) mass is 372 g/mol. The van der Waals surface area contributed by atoms with Crippen LogP contribution in [0.5, 0.6) is 11.5 Å². The predicted molar refractivity (Wildman–Crippen MR) is 93.3 cm³/mol. The average Bonchev–Trinajstić information content (AvgIpc) is 3.28. The lowest BCUT2D eigenvalue weighted by Gasteiger charge is -2.19. The van der Waals surface area contributed by atoms with E-state index in [9.17, 15) is 14.7 Å². The molecule has 1 fully saturated rings. The number of hydrogen-bond donors (Lipinski definition) is 2. The third-order valence-electron chi connectivity index (χ3n) is 5.03.